The van der Waals surface area contributed by atoms with Crippen molar-refractivity contribution in [3.63, 3.8) is 0 Å². The molecule has 1 aromatic heterocycles. The predicted octanol–water partition coefficient (Wildman–Crippen LogP) is 3.55. The lowest BCUT2D eigenvalue weighted by atomic mass is 10.0. The van der Waals surface area contributed by atoms with Crippen LogP contribution in [0.4, 0.5) is 5.69 Å². The third-order valence-corrected chi connectivity index (χ3v) is 2.87. The third kappa shape index (κ3) is 3.72. The molecule has 4 nitrogen and oxygen atoms in total. The van der Waals surface area contributed by atoms with Crippen LogP contribution >= 0.6 is 0 Å². The molecule has 2 rings (SSSR count). The molecule has 0 bridgehead atoms. The van der Waals surface area contributed by atoms with Crippen LogP contribution in [0.1, 0.15) is 24.9 Å². The van der Waals surface area contributed by atoms with Crippen LogP contribution in [-0.2, 0) is 0 Å². The van der Waals surface area contributed by atoms with E-state index >= 15 is 0 Å². The molecule has 2 aromatic rings. The Morgan fingerprint density at radius 3 is 2.65 bits per heavy atom. The van der Waals surface area contributed by atoms with Crippen molar-refractivity contribution in [2.75, 3.05) is 11.9 Å². The summed E-state index contributed by atoms with van der Waals surface area (Å²) in [6.45, 7) is 2.52. The van der Waals surface area contributed by atoms with Gasteiger partial charge >= 0.3 is 0 Å². The summed E-state index contributed by atoms with van der Waals surface area (Å²) in [5.41, 5.74) is 1.96. The van der Waals surface area contributed by atoms with Gasteiger partial charge in [-0.1, -0.05) is 30.3 Å². The Bertz CT molecular complexity index is 561. The lowest BCUT2D eigenvalue weighted by molar-refractivity contribution is 0.327. The number of ether oxygens (including phenoxy) is 1. The van der Waals surface area contributed by atoms with Gasteiger partial charge in [0.25, 0.3) is 0 Å². The molecule has 0 amide bonds. The molecule has 1 N–H and O–H groups in total. The minimum Gasteiger partial charge on any atom is -0.478 e. The molecule has 0 fully saturated rings. The van der Waals surface area contributed by atoms with Gasteiger partial charge < -0.3 is 10.1 Å². The molecule has 1 heterocycles. The lowest BCUT2D eigenvalue weighted by Gasteiger charge is -2.17. The molecule has 0 aliphatic rings. The molecule has 4 heteroatoms. The normalized spacial score (nSPS) is 11.4. The van der Waals surface area contributed by atoms with Gasteiger partial charge in [-0.05, 0) is 18.6 Å². The lowest BCUT2D eigenvalue weighted by Crippen LogP contribution is -2.10. The van der Waals surface area contributed by atoms with Crippen LogP contribution in [0.3, 0.4) is 0 Å². The maximum absolute atomic E-state index is 8.96. The fourth-order valence-electron chi connectivity index (χ4n) is 1.93. The summed E-state index contributed by atoms with van der Waals surface area (Å²) in [6.07, 6.45) is 2.12. The summed E-state index contributed by atoms with van der Waals surface area (Å²) in [6, 6.07) is 15.8. The van der Waals surface area contributed by atoms with Gasteiger partial charge in [0.1, 0.15) is 0 Å². The first-order valence-corrected chi connectivity index (χ1v) is 6.60. The second kappa shape index (κ2) is 7.15. The van der Waals surface area contributed by atoms with E-state index in [1.165, 1.54) is 0 Å². The zero-order chi connectivity index (χ0) is 14.2. The molecule has 0 aliphatic heterocycles. The second-order valence-corrected chi connectivity index (χ2v) is 4.29. The Balaban J connectivity index is 2.10. The summed E-state index contributed by atoms with van der Waals surface area (Å²) in [5.74, 6) is 0.606. The number of pyridine rings is 1. The molecule has 1 unspecified atom stereocenters. The highest BCUT2D eigenvalue weighted by Crippen LogP contribution is 2.22. The highest BCUT2D eigenvalue weighted by atomic mass is 16.5. The van der Waals surface area contributed by atoms with E-state index in [-0.39, 0.29) is 6.04 Å². The standard InChI is InChI=1S/C16H17N3O/c1-2-20-16-9-8-14(12-18-16)19-15(10-11-17)13-6-4-3-5-7-13/h3-9,12,15,19H,2,10H2,1H3. The molecule has 1 atom stereocenters. The van der Waals surface area contributed by atoms with E-state index in [0.29, 0.717) is 18.9 Å². The van der Waals surface area contributed by atoms with Gasteiger partial charge in [0, 0.05) is 6.07 Å². The first-order valence-electron chi connectivity index (χ1n) is 6.60. The Hall–Kier alpha value is -2.54. The summed E-state index contributed by atoms with van der Waals surface area (Å²) < 4.78 is 5.31. The molecule has 0 saturated carbocycles. The van der Waals surface area contributed by atoms with E-state index in [4.69, 9.17) is 10.00 Å². The smallest absolute Gasteiger partial charge is 0.213 e. The molecule has 0 saturated heterocycles. The maximum atomic E-state index is 8.96. The van der Waals surface area contributed by atoms with Crippen LogP contribution in [0.5, 0.6) is 5.88 Å². The van der Waals surface area contributed by atoms with E-state index < -0.39 is 0 Å². The topological polar surface area (TPSA) is 57.9 Å². The first kappa shape index (κ1) is 13.9. The number of aromatic nitrogens is 1. The highest BCUT2D eigenvalue weighted by Gasteiger charge is 2.10. The van der Waals surface area contributed by atoms with Crippen LogP contribution in [0.25, 0.3) is 0 Å². The SMILES string of the molecule is CCOc1ccc(NC(CC#N)c2ccccc2)cn1. The van der Waals surface area contributed by atoms with Crippen molar-refractivity contribution < 1.29 is 4.74 Å². The Morgan fingerprint density at radius 1 is 1.25 bits per heavy atom. The van der Waals surface area contributed by atoms with Gasteiger partial charge in [-0.25, -0.2) is 4.98 Å². The van der Waals surface area contributed by atoms with Crippen LogP contribution < -0.4 is 10.1 Å². The van der Waals surface area contributed by atoms with E-state index in [1.807, 2.05) is 49.4 Å². The zero-order valence-corrected chi connectivity index (χ0v) is 11.4. The number of hydrogen-bond acceptors (Lipinski definition) is 4. The molecule has 0 aliphatic carbocycles. The van der Waals surface area contributed by atoms with E-state index in [1.54, 1.807) is 6.20 Å². The second-order valence-electron chi connectivity index (χ2n) is 4.29. The zero-order valence-electron chi connectivity index (χ0n) is 11.4. The van der Waals surface area contributed by atoms with Crippen molar-refractivity contribution in [1.29, 1.82) is 5.26 Å². The maximum Gasteiger partial charge on any atom is 0.213 e. The average Bonchev–Trinajstić information content (AvgIpc) is 2.50. The number of hydrogen-bond donors (Lipinski definition) is 1. The number of nitrogens with one attached hydrogen (secondary N) is 1. The minimum atomic E-state index is -0.0408. The van der Waals surface area contributed by atoms with Crippen molar-refractivity contribution in [3.05, 3.63) is 54.2 Å². The molecule has 20 heavy (non-hydrogen) atoms. The number of benzene rings is 1. The highest BCUT2D eigenvalue weighted by molar-refractivity contribution is 5.45. The first-order chi connectivity index (χ1) is 9.83. The fourth-order valence-corrected chi connectivity index (χ4v) is 1.93. The molecular weight excluding hydrogens is 250 g/mol. The van der Waals surface area contributed by atoms with Crippen LogP contribution in [-0.4, -0.2) is 11.6 Å². The largest absolute Gasteiger partial charge is 0.478 e. The van der Waals surface area contributed by atoms with Crippen LogP contribution in [0.2, 0.25) is 0 Å². The van der Waals surface area contributed by atoms with Crippen molar-refractivity contribution in [3.8, 4) is 11.9 Å². The quantitative estimate of drug-likeness (QED) is 0.869. The number of nitrogens with zero attached hydrogens (tertiary/aromatic N) is 2. The average molecular weight is 267 g/mol. The van der Waals surface area contributed by atoms with E-state index in [9.17, 15) is 0 Å². The van der Waals surface area contributed by atoms with Gasteiger partial charge in [0.15, 0.2) is 0 Å². The monoisotopic (exact) mass is 267 g/mol. The molecular formula is C16H17N3O. The summed E-state index contributed by atoms with van der Waals surface area (Å²) in [5, 5.41) is 12.3. The van der Waals surface area contributed by atoms with E-state index in [2.05, 4.69) is 16.4 Å². The van der Waals surface area contributed by atoms with Crippen molar-refractivity contribution >= 4 is 5.69 Å². The number of anilines is 1. The van der Waals surface area contributed by atoms with Gasteiger partial charge in [-0.2, -0.15) is 5.26 Å². The molecule has 0 spiro atoms. The summed E-state index contributed by atoms with van der Waals surface area (Å²) in [7, 11) is 0. The number of nitriles is 1. The predicted molar refractivity (Wildman–Crippen MR) is 78.4 cm³/mol. The van der Waals surface area contributed by atoms with E-state index in [0.717, 1.165) is 11.3 Å². The van der Waals surface area contributed by atoms with Gasteiger partial charge in [-0.3, -0.25) is 0 Å². The van der Waals surface area contributed by atoms with Crippen molar-refractivity contribution in [2.24, 2.45) is 0 Å². The summed E-state index contributed by atoms with van der Waals surface area (Å²) >= 11 is 0. The molecule has 102 valence electrons. The van der Waals surface area contributed by atoms with Crippen LogP contribution in [0, 0.1) is 11.3 Å². The van der Waals surface area contributed by atoms with Gasteiger partial charge in [-0.15, -0.1) is 0 Å². The Labute approximate surface area is 119 Å². The minimum absolute atomic E-state index is 0.0408. The van der Waals surface area contributed by atoms with Crippen LogP contribution in [0.15, 0.2) is 48.7 Å². The van der Waals surface area contributed by atoms with Gasteiger partial charge in [0.05, 0.1) is 37.0 Å². The number of rotatable bonds is 6. The van der Waals surface area contributed by atoms with Crippen molar-refractivity contribution in [2.45, 2.75) is 19.4 Å². The molecule has 0 radical (unpaired) electrons. The fraction of sp³-hybridized carbons (Fsp3) is 0.250. The molecule has 1 aromatic carbocycles. The summed E-state index contributed by atoms with van der Waals surface area (Å²) in [4.78, 5) is 4.21. The Kier molecular flexibility index (Phi) is 4.96. The third-order valence-electron chi connectivity index (χ3n) is 2.87. The van der Waals surface area contributed by atoms with Crippen molar-refractivity contribution in [1.82, 2.24) is 4.98 Å². The Morgan fingerprint density at radius 2 is 2.05 bits per heavy atom. The van der Waals surface area contributed by atoms with Gasteiger partial charge in [0.2, 0.25) is 5.88 Å².